The number of nitrogens with zero attached hydrogens (tertiary/aromatic N) is 3. The van der Waals surface area contributed by atoms with Crippen molar-refractivity contribution in [3.8, 4) is 11.4 Å². The molecule has 8 aromatic rings. The van der Waals surface area contributed by atoms with Crippen molar-refractivity contribution in [2.24, 2.45) is 0 Å². The van der Waals surface area contributed by atoms with Gasteiger partial charge in [0.1, 0.15) is 26.8 Å². The Bertz CT molecular complexity index is 2200. The molecule has 234 valence electrons. The van der Waals surface area contributed by atoms with E-state index in [1.807, 2.05) is 11.8 Å². The number of aryl methyl sites for hydroxylation is 1. The molecule has 0 atom stereocenters. The second-order valence-electron chi connectivity index (χ2n) is 11.7. The number of hydrogen-bond acceptors (Lipinski definition) is 3. The van der Waals surface area contributed by atoms with E-state index in [0.717, 1.165) is 38.8 Å². The van der Waals surface area contributed by atoms with Crippen LogP contribution >= 0.6 is 31.4 Å². The maximum absolute atomic E-state index is 5.69. The zero-order chi connectivity index (χ0) is 31.6. The number of fused-ring (bicyclic) bond motifs is 3. The summed E-state index contributed by atoms with van der Waals surface area (Å²) in [5.74, 6) is 1.70. The molecule has 0 unspecified atom stereocenters. The van der Waals surface area contributed by atoms with Crippen LogP contribution in [0.3, 0.4) is 0 Å². The lowest BCUT2D eigenvalue weighted by Crippen LogP contribution is -2.40. The van der Waals surface area contributed by atoms with Gasteiger partial charge in [-0.05, 0) is 61.0 Å². The van der Waals surface area contributed by atoms with E-state index >= 15 is 0 Å². The summed E-state index contributed by atoms with van der Waals surface area (Å²) in [6.45, 7) is 2.13. The second-order valence-corrected chi connectivity index (χ2v) is 16.0. The Kier molecular flexibility index (Phi) is 9.15. The van der Waals surface area contributed by atoms with E-state index in [4.69, 9.17) is 9.97 Å². The number of hydrogen-bond donors (Lipinski definition) is 0. The van der Waals surface area contributed by atoms with Crippen molar-refractivity contribution in [2.45, 2.75) is 17.7 Å². The van der Waals surface area contributed by atoms with Crippen LogP contribution in [0.15, 0.2) is 175 Å². The van der Waals surface area contributed by atoms with E-state index in [9.17, 15) is 0 Å². The van der Waals surface area contributed by atoms with Gasteiger partial charge >= 0.3 is 0 Å². The van der Waals surface area contributed by atoms with Crippen LogP contribution in [0.5, 0.6) is 0 Å². The van der Waals surface area contributed by atoms with E-state index in [0.29, 0.717) is 0 Å². The first-order chi connectivity index (χ1) is 23.2. The highest BCUT2D eigenvalue weighted by Crippen LogP contribution is 2.57. The summed E-state index contributed by atoms with van der Waals surface area (Å²) < 4.78 is 2.31. The van der Waals surface area contributed by atoms with Gasteiger partial charge in [0.2, 0.25) is 0 Å². The lowest BCUT2D eigenvalue weighted by Gasteiger charge is -2.29. The molecule has 6 heteroatoms. The highest BCUT2D eigenvalue weighted by molar-refractivity contribution is 8.04. The Hall–Kier alpha value is -4.73. The molecule has 0 aliphatic rings. The fourth-order valence-electron chi connectivity index (χ4n) is 6.50. The molecule has 8 rings (SSSR count). The molecule has 2 aromatic heterocycles. The molecule has 0 saturated heterocycles. The predicted molar refractivity (Wildman–Crippen MR) is 209 cm³/mol. The van der Waals surface area contributed by atoms with Gasteiger partial charge in [-0.3, -0.25) is 4.40 Å². The Morgan fingerprint density at radius 2 is 1.06 bits per heavy atom. The minimum atomic E-state index is -2.55. The van der Waals surface area contributed by atoms with E-state index in [-0.39, 0.29) is 12.4 Å². The Labute approximate surface area is 292 Å². The van der Waals surface area contributed by atoms with Crippen LogP contribution in [-0.2, 0) is 5.75 Å². The minimum Gasteiger partial charge on any atom is -0.273 e. The van der Waals surface area contributed by atoms with Gasteiger partial charge < -0.3 is 0 Å². The first-order valence-corrected chi connectivity index (χ1v) is 18.6. The maximum Gasteiger partial charge on any atom is 0.186 e. The highest BCUT2D eigenvalue weighted by Gasteiger charge is 2.52. The number of imidazole rings is 1. The summed E-state index contributed by atoms with van der Waals surface area (Å²) in [6, 6.07) is 61.0. The van der Waals surface area contributed by atoms with E-state index < -0.39 is 7.26 Å². The van der Waals surface area contributed by atoms with Gasteiger partial charge in [-0.15, -0.1) is 12.4 Å². The van der Waals surface area contributed by atoms with Crippen molar-refractivity contribution in [2.75, 3.05) is 0 Å². The van der Waals surface area contributed by atoms with Crippen molar-refractivity contribution in [1.82, 2.24) is 14.4 Å². The number of rotatable bonds is 8. The number of aromatic nitrogens is 3. The number of benzene rings is 6. The average molecular weight is 679 g/mol. The highest BCUT2D eigenvalue weighted by atomic mass is 35.5. The van der Waals surface area contributed by atoms with Gasteiger partial charge in [0, 0.05) is 11.3 Å². The fourth-order valence-corrected chi connectivity index (χ4v) is 12.3. The second kappa shape index (κ2) is 13.8. The molecule has 0 radical (unpaired) electrons. The van der Waals surface area contributed by atoms with Gasteiger partial charge in [-0.25, -0.2) is 9.97 Å². The molecule has 0 amide bonds. The smallest absolute Gasteiger partial charge is 0.186 e. The first-order valence-electron chi connectivity index (χ1n) is 15.8. The Balaban J connectivity index is 0.00000364. The summed E-state index contributed by atoms with van der Waals surface area (Å²) in [4.78, 5) is 11.2. The quantitative estimate of drug-likeness (QED) is 0.0912. The Morgan fingerprint density at radius 3 is 1.62 bits per heavy atom. The number of para-hydroxylation sites is 2. The van der Waals surface area contributed by atoms with E-state index in [1.165, 1.54) is 32.3 Å². The van der Waals surface area contributed by atoms with Gasteiger partial charge in [-0.1, -0.05) is 139 Å². The van der Waals surface area contributed by atoms with E-state index in [1.54, 1.807) is 0 Å². The Morgan fingerprint density at radius 1 is 0.562 bits per heavy atom. The molecule has 0 N–H and O–H groups in total. The van der Waals surface area contributed by atoms with Crippen LogP contribution in [0.25, 0.3) is 28.1 Å². The molecule has 0 aliphatic carbocycles. The summed E-state index contributed by atoms with van der Waals surface area (Å²) >= 11 is 1.81. The standard InChI is InChI=1S/C42H33N3PS.ClH/c1-31-26-28-33(29-27-31)40-44-42(47-30-32-16-6-2-7-17-32)39(41-43-37-24-14-15-25-38(37)45(40)41)46(34-18-8-3-9-19-34,35-20-10-4-11-21-35)36-22-12-5-13-23-36;/h2-29H,30H2,1H3;1H/q+1;. The van der Waals surface area contributed by atoms with Crippen molar-refractivity contribution in [3.05, 3.63) is 181 Å². The molecule has 0 saturated carbocycles. The van der Waals surface area contributed by atoms with E-state index in [2.05, 4.69) is 181 Å². The molecule has 2 heterocycles. The number of thioether (sulfide) groups is 1. The van der Waals surface area contributed by atoms with Gasteiger partial charge in [-0.2, -0.15) is 0 Å². The lowest BCUT2D eigenvalue weighted by atomic mass is 10.1. The topological polar surface area (TPSA) is 30.2 Å². The van der Waals surface area contributed by atoms with Crippen molar-refractivity contribution in [3.63, 3.8) is 0 Å². The van der Waals surface area contributed by atoms with Gasteiger partial charge in [0.15, 0.2) is 18.2 Å². The predicted octanol–water partition coefficient (Wildman–Crippen LogP) is 9.19. The molecule has 6 aromatic carbocycles. The SMILES string of the molecule is Cc1ccc(-c2nc(SCc3ccccc3)c([P+](c3ccccc3)(c3ccccc3)c3ccccc3)c3nc4ccccc4n23)cc1.Cl. The van der Waals surface area contributed by atoms with Crippen LogP contribution in [0.2, 0.25) is 0 Å². The van der Waals surface area contributed by atoms with Crippen LogP contribution in [0.1, 0.15) is 11.1 Å². The molecule has 0 aliphatic heterocycles. The van der Waals surface area contributed by atoms with Crippen molar-refractivity contribution >= 4 is 69.3 Å². The lowest BCUT2D eigenvalue weighted by molar-refractivity contribution is 1.05. The fraction of sp³-hybridized carbons (Fsp3) is 0.0476. The third-order valence-electron chi connectivity index (χ3n) is 8.69. The van der Waals surface area contributed by atoms with Crippen molar-refractivity contribution in [1.29, 1.82) is 0 Å². The molecule has 0 bridgehead atoms. The number of halogens is 1. The largest absolute Gasteiger partial charge is 0.273 e. The van der Waals surface area contributed by atoms with Gasteiger partial charge in [0.25, 0.3) is 0 Å². The molecular formula is C42H34ClN3PS+. The normalized spacial score (nSPS) is 11.4. The molecule has 48 heavy (non-hydrogen) atoms. The molecular weight excluding hydrogens is 645 g/mol. The molecule has 0 spiro atoms. The van der Waals surface area contributed by atoms with Crippen molar-refractivity contribution < 1.29 is 0 Å². The maximum atomic E-state index is 5.69. The first kappa shape index (κ1) is 31.8. The molecule has 3 nitrogen and oxygen atoms in total. The minimum absolute atomic E-state index is 0. The van der Waals surface area contributed by atoms with Crippen LogP contribution < -0.4 is 21.2 Å². The summed E-state index contributed by atoms with van der Waals surface area (Å²) in [7, 11) is -2.55. The third kappa shape index (κ3) is 5.61. The zero-order valence-corrected chi connectivity index (χ0v) is 29.0. The van der Waals surface area contributed by atoms with Gasteiger partial charge in [0.05, 0.1) is 11.0 Å². The molecule has 0 fully saturated rings. The zero-order valence-electron chi connectivity index (χ0n) is 26.5. The van der Waals surface area contributed by atoms with Crippen LogP contribution in [-0.4, -0.2) is 14.4 Å². The summed E-state index contributed by atoms with van der Waals surface area (Å²) in [5, 5.41) is 6.03. The summed E-state index contributed by atoms with van der Waals surface area (Å²) in [5.41, 5.74) is 6.52. The third-order valence-corrected chi connectivity index (χ3v) is 14.2. The average Bonchev–Trinajstić information content (AvgIpc) is 3.53. The van der Waals surface area contributed by atoms with Crippen LogP contribution in [0.4, 0.5) is 0 Å². The monoisotopic (exact) mass is 678 g/mol. The van der Waals surface area contributed by atoms with Crippen LogP contribution in [0, 0.1) is 6.92 Å². The summed E-state index contributed by atoms with van der Waals surface area (Å²) in [6.07, 6.45) is 0.